The van der Waals surface area contributed by atoms with Gasteiger partial charge in [0.2, 0.25) is 0 Å². The molecule has 3 aromatic rings. The monoisotopic (exact) mass is 368 g/mol. The molecule has 0 aliphatic carbocycles. The molecule has 0 N–H and O–H groups in total. The number of aromatic nitrogens is 3. The van der Waals surface area contributed by atoms with Gasteiger partial charge in [0, 0.05) is 42.8 Å². The van der Waals surface area contributed by atoms with Crippen LogP contribution in [0, 0.1) is 0 Å². The minimum absolute atomic E-state index is 0.0418. The molecule has 6 heteroatoms. The second kappa shape index (κ2) is 7.08. The lowest BCUT2D eigenvalue weighted by Crippen LogP contribution is -2.40. The van der Waals surface area contributed by atoms with E-state index in [9.17, 15) is 4.79 Å². The Morgan fingerprint density at radius 1 is 1.27 bits per heavy atom. The van der Waals surface area contributed by atoms with Gasteiger partial charge in [-0.2, -0.15) is 5.10 Å². The number of halogens is 1. The molecule has 134 valence electrons. The molecule has 0 spiro atoms. The van der Waals surface area contributed by atoms with E-state index in [1.165, 1.54) is 5.39 Å². The van der Waals surface area contributed by atoms with Crippen molar-refractivity contribution < 1.29 is 4.79 Å². The van der Waals surface area contributed by atoms with Crippen molar-refractivity contribution in [2.75, 3.05) is 13.1 Å². The van der Waals surface area contributed by atoms with Crippen molar-refractivity contribution in [1.82, 2.24) is 19.7 Å². The normalized spacial score (nSPS) is 17.6. The Morgan fingerprint density at radius 2 is 2.08 bits per heavy atom. The predicted octanol–water partition coefficient (Wildman–Crippen LogP) is 4.12. The van der Waals surface area contributed by atoms with Crippen LogP contribution in [0.5, 0.6) is 0 Å². The van der Waals surface area contributed by atoms with E-state index >= 15 is 0 Å². The van der Waals surface area contributed by atoms with E-state index in [0.717, 1.165) is 30.5 Å². The molecule has 1 aliphatic heterocycles. The smallest absolute Gasteiger partial charge is 0.273 e. The Morgan fingerprint density at radius 3 is 2.88 bits per heavy atom. The van der Waals surface area contributed by atoms with Crippen molar-refractivity contribution in [1.29, 1.82) is 0 Å². The Hall–Kier alpha value is -2.40. The second-order valence-corrected chi connectivity index (χ2v) is 7.11. The second-order valence-electron chi connectivity index (χ2n) is 6.70. The number of fused-ring (bicyclic) bond motifs is 1. The molecule has 1 amide bonds. The van der Waals surface area contributed by atoms with Crippen molar-refractivity contribution in [3.05, 3.63) is 59.1 Å². The minimum Gasteiger partial charge on any atom is -0.337 e. The van der Waals surface area contributed by atoms with Crippen LogP contribution in [0.3, 0.4) is 0 Å². The summed E-state index contributed by atoms with van der Waals surface area (Å²) in [6.45, 7) is 3.99. The molecule has 3 heterocycles. The average molecular weight is 369 g/mol. The molecule has 0 radical (unpaired) electrons. The third-order valence-electron chi connectivity index (χ3n) is 5.08. The number of aryl methyl sites for hydroxylation is 1. The third-order valence-corrected chi connectivity index (χ3v) is 5.35. The lowest BCUT2D eigenvalue weighted by atomic mass is 9.93. The summed E-state index contributed by atoms with van der Waals surface area (Å²) in [6.07, 6.45) is 5.47. The molecular weight excluding hydrogens is 348 g/mol. The Balaban J connectivity index is 1.58. The van der Waals surface area contributed by atoms with Gasteiger partial charge in [0.25, 0.3) is 5.91 Å². The molecule has 1 atom stereocenters. The summed E-state index contributed by atoms with van der Waals surface area (Å²) in [5.74, 6) is 0.203. The summed E-state index contributed by atoms with van der Waals surface area (Å²) < 4.78 is 1.67. The van der Waals surface area contributed by atoms with Gasteiger partial charge in [0.05, 0.1) is 11.2 Å². The van der Waals surface area contributed by atoms with Crippen molar-refractivity contribution in [2.45, 2.75) is 32.2 Å². The summed E-state index contributed by atoms with van der Waals surface area (Å²) in [5.41, 5.74) is 1.54. The molecule has 1 saturated heterocycles. The van der Waals surface area contributed by atoms with Crippen LogP contribution in [0.15, 0.2) is 42.7 Å². The SMILES string of the molecule is CCn1ncc(Cl)c1C(=O)N1CCC[C@@H](c2cc3ccccc3cn2)C1. The van der Waals surface area contributed by atoms with Gasteiger partial charge in [0.15, 0.2) is 0 Å². The lowest BCUT2D eigenvalue weighted by Gasteiger charge is -2.32. The van der Waals surface area contributed by atoms with Gasteiger partial charge >= 0.3 is 0 Å². The Kier molecular flexibility index (Phi) is 4.64. The average Bonchev–Trinajstić information content (AvgIpc) is 3.07. The zero-order valence-corrected chi connectivity index (χ0v) is 15.5. The molecule has 0 saturated carbocycles. The largest absolute Gasteiger partial charge is 0.337 e. The van der Waals surface area contributed by atoms with E-state index in [1.807, 2.05) is 30.2 Å². The summed E-state index contributed by atoms with van der Waals surface area (Å²) in [4.78, 5) is 19.6. The fraction of sp³-hybridized carbons (Fsp3) is 0.350. The molecule has 1 aromatic carbocycles. The molecule has 5 nitrogen and oxygen atoms in total. The standard InChI is InChI=1S/C20H21ClN4O/c1-2-25-19(17(21)12-23-25)20(26)24-9-5-8-16(13-24)18-10-14-6-3-4-7-15(14)11-22-18/h3-4,6-7,10-12,16H,2,5,8-9,13H2,1H3/t16-/m1/s1. The number of pyridine rings is 1. The van der Waals surface area contributed by atoms with E-state index < -0.39 is 0 Å². The van der Waals surface area contributed by atoms with Crippen molar-refractivity contribution in [3.63, 3.8) is 0 Å². The van der Waals surface area contributed by atoms with Crippen molar-refractivity contribution in [2.24, 2.45) is 0 Å². The molecule has 1 aliphatic rings. The maximum absolute atomic E-state index is 13.0. The lowest BCUT2D eigenvalue weighted by molar-refractivity contribution is 0.0693. The van der Waals surface area contributed by atoms with Crippen LogP contribution >= 0.6 is 11.6 Å². The van der Waals surface area contributed by atoms with Crippen LogP contribution in [0.2, 0.25) is 5.02 Å². The highest BCUT2D eigenvalue weighted by Crippen LogP contribution is 2.29. The molecule has 0 unspecified atom stereocenters. The zero-order valence-electron chi connectivity index (χ0n) is 14.7. The number of amides is 1. The predicted molar refractivity (Wildman–Crippen MR) is 103 cm³/mol. The number of nitrogens with zero attached hydrogens (tertiary/aromatic N) is 4. The first-order valence-corrected chi connectivity index (χ1v) is 9.40. The molecule has 26 heavy (non-hydrogen) atoms. The van der Waals surface area contributed by atoms with Gasteiger partial charge in [-0.1, -0.05) is 35.9 Å². The number of benzene rings is 1. The molecule has 1 fully saturated rings. The van der Waals surface area contributed by atoms with Gasteiger partial charge < -0.3 is 4.90 Å². The van der Waals surface area contributed by atoms with Gasteiger partial charge in [-0.05, 0) is 31.2 Å². The summed E-state index contributed by atoms with van der Waals surface area (Å²) >= 11 is 6.21. The van der Waals surface area contributed by atoms with Crippen LogP contribution in [-0.2, 0) is 6.54 Å². The first-order chi connectivity index (χ1) is 12.7. The maximum atomic E-state index is 13.0. The first-order valence-electron chi connectivity index (χ1n) is 9.02. The van der Waals surface area contributed by atoms with Gasteiger partial charge in [-0.3, -0.25) is 14.5 Å². The molecule has 0 bridgehead atoms. The highest BCUT2D eigenvalue weighted by atomic mass is 35.5. The topological polar surface area (TPSA) is 51.0 Å². The first kappa shape index (κ1) is 17.0. The van der Waals surface area contributed by atoms with Gasteiger partial charge in [-0.25, -0.2) is 0 Å². The minimum atomic E-state index is -0.0418. The summed E-state index contributed by atoms with van der Waals surface area (Å²) in [6, 6.07) is 10.4. The maximum Gasteiger partial charge on any atom is 0.273 e. The van der Waals surface area contributed by atoms with Crippen LogP contribution in [0.4, 0.5) is 0 Å². The van der Waals surface area contributed by atoms with Crippen molar-refractivity contribution >= 4 is 28.3 Å². The fourth-order valence-corrected chi connectivity index (χ4v) is 3.91. The van der Waals surface area contributed by atoms with E-state index in [0.29, 0.717) is 23.8 Å². The van der Waals surface area contributed by atoms with Gasteiger partial charge in [-0.15, -0.1) is 0 Å². The number of piperidine rings is 1. The van der Waals surface area contributed by atoms with Crippen LogP contribution in [0.1, 0.15) is 41.9 Å². The number of rotatable bonds is 3. The number of likely N-dealkylation sites (tertiary alicyclic amines) is 1. The summed E-state index contributed by atoms with van der Waals surface area (Å²) in [5, 5.41) is 6.93. The molecule has 2 aromatic heterocycles. The van der Waals surface area contributed by atoms with Crippen LogP contribution in [0.25, 0.3) is 10.8 Å². The van der Waals surface area contributed by atoms with Gasteiger partial charge in [0.1, 0.15) is 5.69 Å². The highest BCUT2D eigenvalue weighted by molar-refractivity contribution is 6.33. The molecule has 4 rings (SSSR count). The van der Waals surface area contributed by atoms with Crippen LogP contribution < -0.4 is 0 Å². The zero-order chi connectivity index (χ0) is 18.1. The summed E-state index contributed by atoms with van der Waals surface area (Å²) in [7, 11) is 0. The highest BCUT2D eigenvalue weighted by Gasteiger charge is 2.29. The Labute approximate surface area is 157 Å². The van der Waals surface area contributed by atoms with E-state index in [1.54, 1.807) is 10.9 Å². The van der Waals surface area contributed by atoms with Crippen LogP contribution in [-0.4, -0.2) is 38.7 Å². The number of carbonyl (C=O) groups excluding carboxylic acids is 1. The number of hydrogen-bond acceptors (Lipinski definition) is 3. The quantitative estimate of drug-likeness (QED) is 0.698. The fourth-order valence-electron chi connectivity index (χ4n) is 3.69. The third kappa shape index (κ3) is 3.07. The van der Waals surface area contributed by atoms with E-state index in [2.05, 4.69) is 28.3 Å². The van der Waals surface area contributed by atoms with Crippen molar-refractivity contribution in [3.8, 4) is 0 Å². The van der Waals surface area contributed by atoms with E-state index in [-0.39, 0.29) is 11.8 Å². The molecular formula is C20H21ClN4O. The Bertz CT molecular complexity index is 952. The number of hydrogen-bond donors (Lipinski definition) is 0. The number of carbonyl (C=O) groups is 1. The van der Waals surface area contributed by atoms with E-state index in [4.69, 9.17) is 11.6 Å².